The van der Waals surface area contributed by atoms with Crippen LogP contribution in [0, 0.1) is 34.0 Å². The van der Waals surface area contributed by atoms with E-state index in [9.17, 15) is 15.8 Å². The number of para-hydroxylation sites is 4. The largest absolute Gasteiger partial charge is 0.326 e. The first-order valence-corrected chi connectivity index (χ1v) is 28.4. The molecule has 4 N–H and O–H groups in total. The van der Waals surface area contributed by atoms with Crippen molar-refractivity contribution >= 4 is 87.2 Å². The molecule has 0 spiro atoms. The van der Waals surface area contributed by atoms with Gasteiger partial charge in [0.2, 0.25) is 0 Å². The minimum atomic E-state index is 0.330. The summed E-state index contributed by atoms with van der Waals surface area (Å²) in [6.45, 7) is 0.661. The van der Waals surface area contributed by atoms with E-state index in [0.29, 0.717) is 75.3 Å². The van der Waals surface area contributed by atoms with Gasteiger partial charge in [0.05, 0.1) is 107 Å². The fourth-order valence-corrected chi connectivity index (χ4v) is 13.3. The lowest BCUT2D eigenvalue weighted by molar-refractivity contribution is 1.02. The van der Waals surface area contributed by atoms with Crippen LogP contribution in [0.2, 0.25) is 0 Å². The second-order valence-corrected chi connectivity index (χ2v) is 21.7. The van der Waals surface area contributed by atoms with Crippen LogP contribution in [0.4, 0.5) is 0 Å². The van der Waals surface area contributed by atoms with Gasteiger partial charge < -0.3 is 29.7 Å². The van der Waals surface area contributed by atoms with Gasteiger partial charge in [-0.05, 0) is 102 Å². The van der Waals surface area contributed by atoms with Gasteiger partial charge >= 0.3 is 0 Å². The Morgan fingerprint density at radius 2 is 0.686 bits per heavy atom. The van der Waals surface area contributed by atoms with Gasteiger partial charge in [-0.25, -0.2) is 9.97 Å². The van der Waals surface area contributed by atoms with Gasteiger partial charge in [-0.2, -0.15) is 15.8 Å². The van der Waals surface area contributed by atoms with Crippen molar-refractivity contribution in [3.05, 3.63) is 264 Å². The third-order valence-corrected chi connectivity index (χ3v) is 17.0. The van der Waals surface area contributed by atoms with Crippen LogP contribution in [0.1, 0.15) is 27.8 Å². The molecule has 0 radical (unpaired) electrons. The van der Waals surface area contributed by atoms with E-state index in [1.54, 1.807) is 0 Å². The van der Waals surface area contributed by atoms with Crippen molar-refractivity contribution in [2.45, 2.75) is 13.1 Å². The van der Waals surface area contributed by atoms with Crippen molar-refractivity contribution in [3.8, 4) is 74.9 Å². The number of nitrogens with zero attached hydrogens (tertiary/aromatic N) is 9. The molecule has 0 unspecified atom stereocenters. The molecule has 11 heteroatoms. The highest BCUT2D eigenvalue weighted by molar-refractivity contribution is 6.17. The Morgan fingerprint density at radius 1 is 0.314 bits per heavy atom. The highest BCUT2D eigenvalue weighted by Crippen LogP contribution is 2.52. The van der Waals surface area contributed by atoms with Crippen LogP contribution in [0.25, 0.3) is 144 Å². The predicted molar refractivity (Wildman–Crippen MR) is 346 cm³/mol. The standard InChI is InChI=1S/C75H47N11/c76-40-45-27-31-66-55(35-45)51-19-7-11-23-62(51)83(66)71-59(44-80)72(84-63-24-12-8-20-52(63)56-36-46(41-77)28-32-67(56)84)74(86-65-26-14-10-22-54(65)58-38-48(43-79)30-34-69(58)86)73(85-64-25-13-9-21-53(64)57-37-47(42-78)29-33-68(57)85)70(71)61-39-60(49-15-3-1-4-16-49)81-75(82-61)50-17-5-2-6-18-50/h1-39H,41,43,77,79H2. The highest BCUT2D eigenvalue weighted by Gasteiger charge is 2.36. The molecule has 0 atom stereocenters. The van der Waals surface area contributed by atoms with E-state index in [0.717, 1.165) is 109 Å². The van der Waals surface area contributed by atoms with Gasteiger partial charge in [0.25, 0.3) is 0 Å². The summed E-state index contributed by atoms with van der Waals surface area (Å²) in [7, 11) is 0. The van der Waals surface area contributed by atoms with E-state index < -0.39 is 0 Å². The molecule has 0 aliphatic carbocycles. The van der Waals surface area contributed by atoms with Crippen molar-refractivity contribution in [2.75, 3.05) is 0 Å². The van der Waals surface area contributed by atoms with Crippen LogP contribution in [0.5, 0.6) is 0 Å². The summed E-state index contributed by atoms with van der Waals surface area (Å²) in [5, 5.41) is 41.7. The smallest absolute Gasteiger partial charge is 0.160 e. The topological polar surface area (TPSA) is 169 Å². The number of nitrogens with two attached hydrogens (primary N) is 2. The SMILES string of the molecule is N#Cc1ccc2c(c1)c1ccccc1n2-c1c(C#N)c(-n2c3ccccc3c3cc(CN)ccc32)c(-n2c3ccccc3c3cc(CN)ccc32)c(-n2c3ccccc3c3cc(C#N)ccc32)c1-c1cc(-c2ccccc2)nc(-c2ccccc2)n1. The Kier molecular flexibility index (Phi) is 11.4. The zero-order valence-corrected chi connectivity index (χ0v) is 46.1. The molecule has 11 nitrogen and oxygen atoms in total. The zero-order valence-electron chi connectivity index (χ0n) is 46.1. The molecule has 5 heterocycles. The zero-order chi connectivity index (χ0) is 57.7. The van der Waals surface area contributed by atoms with E-state index in [-0.39, 0.29) is 0 Å². The molecular formula is C75H47N11. The Bertz CT molecular complexity index is 5610. The molecule has 86 heavy (non-hydrogen) atoms. The molecule has 16 rings (SSSR count). The van der Waals surface area contributed by atoms with Crippen molar-refractivity contribution in [2.24, 2.45) is 11.5 Å². The molecule has 0 saturated heterocycles. The predicted octanol–water partition coefficient (Wildman–Crippen LogP) is 16.4. The number of nitriles is 3. The van der Waals surface area contributed by atoms with Crippen LogP contribution in [0.3, 0.4) is 0 Å². The Labute approximate surface area is 492 Å². The molecule has 0 saturated carbocycles. The lowest BCUT2D eigenvalue weighted by Gasteiger charge is -2.29. The number of fused-ring (bicyclic) bond motifs is 12. The number of rotatable bonds is 9. The average molecular weight is 1100 g/mol. The summed E-state index contributed by atoms with van der Waals surface area (Å²) in [5.74, 6) is 0.481. The first-order valence-electron chi connectivity index (χ1n) is 28.4. The van der Waals surface area contributed by atoms with Gasteiger partial charge in [0, 0.05) is 67.3 Å². The van der Waals surface area contributed by atoms with Crippen molar-refractivity contribution in [1.82, 2.24) is 28.2 Å². The molecule has 0 amide bonds. The van der Waals surface area contributed by atoms with Crippen molar-refractivity contribution in [1.29, 1.82) is 15.8 Å². The van der Waals surface area contributed by atoms with E-state index in [4.69, 9.17) is 21.4 Å². The monoisotopic (exact) mass is 1100 g/mol. The minimum Gasteiger partial charge on any atom is -0.326 e. The Hall–Kier alpha value is -11.9. The summed E-state index contributed by atoms with van der Waals surface area (Å²) in [6, 6.07) is 87.9. The van der Waals surface area contributed by atoms with Gasteiger partial charge in [-0.3, -0.25) is 0 Å². The van der Waals surface area contributed by atoms with Crippen molar-refractivity contribution < 1.29 is 0 Å². The first-order chi connectivity index (χ1) is 42.5. The fraction of sp³-hybridized carbons (Fsp3) is 0.0267. The van der Waals surface area contributed by atoms with Crippen LogP contribution < -0.4 is 11.5 Å². The second kappa shape index (κ2) is 19.6. The molecule has 0 bridgehead atoms. The molecule has 11 aromatic carbocycles. The quantitative estimate of drug-likeness (QED) is 0.145. The van der Waals surface area contributed by atoms with Gasteiger partial charge in [0.15, 0.2) is 5.82 Å². The third kappa shape index (κ3) is 7.39. The van der Waals surface area contributed by atoms with Crippen LogP contribution in [-0.4, -0.2) is 28.2 Å². The van der Waals surface area contributed by atoms with E-state index in [1.165, 1.54) is 0 Å². The van der Waals surface area contributed by atoms with Crippen molar-refractivity contribution in [3.63, 3.8) is 0 Å². The van der Waals surface area contributed by atoms with Crippen LogP contribution in [-0.2, 0) is 13.1 Å². The Morgan fingerprint density at radius 3 is 1.14 bits per heavy atom. The number of benzene rings is 11. The lowest BCUT2D eigenvalue weighted by atomic mass is 9.94. The van der Waals surface area contributed by atoms with Gasteiger partial charge in [-0.1, -0.05) is 146 Å². The summed E-state index contributed by atoms with van der Waals surface area (Å²) in [4.78, 5) is 11.2. The molecule has 0 aliphatic heterocycles. The number of aromatic nitrogens is 6. The maximum Gasteiger partial charge on any atom is 0.160 e. The number of hydrogen-bond donors (Lipinski definition) is 2. The van der Waals surface area contributed by atoms with E-state index in [1.807, 2.05) is 103 Å². The third-order valence-electron chi connectivity index (χ3n) is 17.0. The highest BCUT2D eigenvalue weighted by atomic mass is 15.1. The van der Waals surface area contributed by atoms with Crippen LogP contribution in [0.15, 0.2) is 237 Å². The summed E-state index contributed by atoms with van der Waals surface area (Å²) in [5.41, 5.74) is 29.0. The van der Waals surface area contributed by atoms with Gasteiger partial charge in [0.1, 0.15) is 11.6 Å². The maximum atomic E-state index is 13.1. The molecule has 0 aliphatic rings. The summed E-state index contributed by atoms with van der Waals surface area (Å²) in [6.07, 6.45) is 0. The average Bonchev–Trinajstić information content (AvgIpc) is 1.45. The summed E-state index contributed by atoms with van der Waals surface area (Å²) < 4.78 is 9.16. The van der Waals surface area contributed by atoms with Gasteiger partial charge in [-0.15, -0.1) is 0 Å². The second-order valence-electron chi connectivity index (χ2n) is 21.7. The van der Waals surface area contributed by atoms with E-state index >= 15 is 0 Å². The maximum absolute atomic E-state index is 13.1. The fourth-order valence-electron chi connectivity index (χ4n) is 13.3. The minimum absolute atomic E-state index is 0.330. The molecule has 5 aromatic heterocycles. The molecule has 402 valence electrons. The molecule has 16 aromatic rings. The number of hydrogen-bond acceptors (Lipinski definition) is 7. The Balaban J connectivity index is 1.27. The molecule has 0 fully saturated rings. The summed E-state index contributed by atoms with van der Waals surface area (Å²) >= 11 is 0. The lowest BCUT2D eigenvalue weighted by Crippen LogP contribution is -2.17. The molecular weight excluding hydrogens is 1050 g/mol. The first kappa shape index (κ1) is 49.9. The normalized spacial score (nSPS) is 11.7. The van der Waals surface area contributed by atoms with E-state index in [2.05, 4.69) is 170 Å². The van der Waals surface area contributed by atoms with Crippen LogP contribution >= 0.6 is 0 Å².